The SMILES string of the molecule is N#CNC(N)=NCCSCc1nccs1. The molecule has 0 aliphatic rings. The molecule has 0 radical (unpaired) electrons. The summed E-state index contributed by atoms with van der Waals surface area (Å²) in [5, 5.41) is 13.6. The standard InChI is InChI=1S/C8H11N5S2/c9-6-13-8(10)12-1-3-14-5-7-11-2-4-15-7/h2,4H,1,3,5H2,(H3,10,12,13). The predicted molar refractivity (Wildman–Crippen MR) is 63.5 cm³/mol. The molecule has 0 spiro atoms. The monoisotopic (exact) mass is 241 g/mol. The molecule has 5 nitrogen and oxygen atoms in total. The number of hydrogen-bond donors (Lipinski definition) is 2. The number of thiazole rings is 1. The summed E-state index contributed by atoms with van der Waals surface area (Å²) in [6, 6.07) is 0. The summed E-state index contributed by atoms with van der Waals surface area (Å²) in [5.41, 5.74) is 5.36. The van der Waals surface area contributed by atoms with E-state index in [1.54, 1.807) is 35.5 Å². The second-order valence-corrected chi connectivity index (χ2v) is 4.57. The molecule has 80 valence electrons. The predicted octanol–water partition coefficient (Wildman–Crippen LogP) is 0.762. The Kier molecular flexibility index (Phi) is 5.58. The van der Waals surface area contributed by atoms with Crippen LogP contribution in [-0.4, -0.2) is 23.2 Å². The van der Waals surface area contributed by atoms with Crippen molar-refractivity contribution in [2.75, 3.05) is 12.3 Å². The van der Waals surface area contributed by atoms with E-state index >= 15 is 0 Å². The van der Waals surface area contributed by atoms with Gasteiger partial charge in [-0.05, 0) is 0 Å². The van der Waals surface area contributed by atoms with Crippen LogP contribution in [0, 0.1) is 11.5 Å². The molecule has 0 amide bonds. The van der Waals surface area contributed by atoms with Crippen LogP contribution < -0.4 is 11.1 Å². The third kappa shape index (κ3) is 5.24. The summed E-state index contributed by atoms with van der Waals surface area (Å²) >= 11 is 3.39. The van der Waals surface area contributed by atoms with Gasteiger partial charge in [0.1, 0.15) is 5.01 Å². The van der Waals surface area contributed by atoms with Gasteiger partial charge in [0.25, 0.3) is 0 Å². The Labute approximate surface area is 96.4 Å². The van der Waals surface area contributed by atoms with Crippen molar-refractivity contribution >= 4 is 29.1 Å². The molecule has 1 rings (SSSR count). The second-order valence-electron chi connectivity index (χ2n) is 2.48. The first kappa shape index (κ1) is 11.8. The summed E-state index contributed by atoms with van der Waals surface area (Å²) in [5.74, 6) is 1.94. The highest BCUT2D eigenvalue weighted by Crippen LogP contribution is 2.13. The van der Waals surface area contributed by atoms with Gasteiger partial charge < -0.3 is 5.73 Å². The minimum Gasteiger partial charge on any atom is -0.369 e. The van der Waals surface area contributed by atoms with Crippen molar-refractivity contribution in [2.45, 2.75) is 5.75 Å². The zero-order valence-corrected chi connectivity index (χ0v) is 9.64. The van der Waals surface area contributed by atoms with Gasteiger partial charge in [-0.3, -0.25) is 10.3 Å². The first-order chi connectivity index (χ1) is 7.33. The maximum absolute atomic E-state index is 8.23. The summed E-state index contributed by atoms with van der Waals surface area (Å²) < 4.78 is 0. The van der Waals surface area contributed by atoms with Crippen molar-refractivity contribution in [1.29, 1.82) is 5.26 Å². The quantitative estimate of drug-likeness (QED) is 0.261. The maximum atomic E-state index is 8.23. The van der Waals surface area contributed by atoms with Crippen molar-refractivity contribution in [2.24, 2.45) is 10.7 Å². The average Bonchev–Trinajstić information content (AvgIpc) is 2.70. The number of nitrogens with zero attached hydrogens (tertiary/aromatic N) is 3. The molecule has 0 unspecified atom stereocenters. The molecule has 0 atom stereocenters. The average molecular weight is 241 g/mol. The Morgan fingerprint density at radius 2 is 2.67 bits per heavy atom. The number of nitrogens with one attached hydrogen (secondary N) is 1. The highest BCUT2D eigenvalue weighted by molar-refractivity contribution is 7.98. The van der Waals surface area contributed by atoms with Crippen LogP contribution in [0.2, 0.25) is 0 Å². The Morgan fingerprint density at radius 1 is 1.80 bits per heavy atom. The summed E-state index contributed by atoms with van der Waals surface area (Å²) in [6.45, 7) is 0.608. The zero-order chi connectivity index (χ0) is 10.9. The van der Waals surface area contributed by atoms with Gasteiger partial charge in [-0.15, -0.1) is 11.3 Å². The fourth-order valence-corrected chi connectivity index (χ4v) is 2.35. The van der Waals surface area contributed by atoms with Gasteiger partial charge in [0.2, 0.25) is 5.96 Å². The molecule has 7 heteroatoms. The molecule has 0 aromatic carbocycles. The summed E-state index contributed by atoms with van der Waals surface area (Å²) in [6.07, 6.45) is 3.51. The van der Waals surface area contributed by atoms with Gasteiger partial charge >= 0.3 is 0 Å². The van der Waals surface area contributed by atoms with E-state index in [2.05, 4.69) is 15.3 Å². The molecule has 0 saturated heterocycles. The minimum absolute atomic E-state index is 0.173. The van der Waals surface area contributed by atoms with Crippen molar-refractivity contribution in [3.63, 3.8) is 0 Å². The molecule has 0 aliphatic carbocycles. The molecular formula is C8H11N5S2. The molecule has 0 fully saturated rings. The lowest BCUT2D eigenvalue weighted by molar-refractivity contribution is 1.09. The van der Waals surface area contributed by atoms with Crippen molar-refractivity contribution in [3.8, 4) is 6.19 Å². The van der Waals surface area contributed by atoms with Crippen LogP contribution in [-0.2, 0) is 5.75 Å². The second kappa shape index (κ2) is 7.09. The van der Waals surface area contributed by atoms with Gasteiger partial charge in [-0.1, -0.05) is 0 Å². The van der Waals surface area contributed by atoms with Crippen molar-refractivity contribution < 1.29 is 0 Å². The molecule has 0 aliphatic heterocycles. The first-order valence-electron chi connectivity index (χ1n) is 4.24. The van der Waals surface area contributed by atoms with Crippen LogP contribution in [0.25, 0.3) is 0 Å². The number of aromatic nitrogens is 1. The molecule has 1 heterocycles. The topological polar surface area (TPSA) is 87.1 Å². The normalized spacial score (nSPS) is 11.0. The summed E-state index contributed by atoms with van der Waals surface area (Å²) in [7, 11) is 0. The largest absolute Gasteiger partial charge is 0.369 e. The lowest BCUT2D eigenvalue weighted by Crippen LogP contribution is -2.27. The fraction of sp³-hybridized carbons (Fsp3) is 0.375. The van der Waals surface area contributed by atoms with Gasteiger partial charge in [0.15, 0.2) is 6.19 Å². The van der Waals surface area contributed by atoms with Gasteiger partial charge in [0.05, 0.1) is 6.54 Å². The number of hydrogen-bond acceptors (Lipinski definition) is 5. The fourth-order valence-electron chi connectivity index (χ4n) is 0.811. The van der Waals surface area contributed by atoms with Crippen LogP contribution in [0.4, 0.5) is 0 Å². The zero-order valence-electron chi connectivity index (χ0n) is 8.01. The van der Waals surface area contributed by atoms with E-state index in [1.165, 1.54) is 0 Å². The smallest absolute Gasteiger partial charge is 0.202 e. The molecular weight excluding hydrogens is 230 g/mol. The minimum atomic E-state index is 0.173. The number of nitrogens with two attached hydrogens (primary N) is 1. The third-order valence-corrected chi connectivity index (χ3v) is 3.32. The molecule has 1 aromatic heterocycles. The van der Waals surface area contributed by atoms with Crippen LogP contribution in [0.15, 0.2) is 16.6 Å². The number of rotatable bonds is 5. The van der Waals surface area contributed by atoms with Crippen molar-refractivity contribution in [3.05, 3.63) is 16.6 Å². The van der Waals surface area contributed by atoms with E-state index in [-0.39, 0.29) is 5.96 Å². The van der Waals surface area contributed by atoms with E-state index in [0.29, 0.717) is 6.54 Å². The number of guanidine groups is 1. The van der Waals surface area contributed by atoms with E-state index in [0.717, 1.165) is 16.5 Å². The van der Waals surface area contributed by atoms with Gasteiger partial charge in [0, 0.05) is 23.1 Å². The molecule has 1 aromatic rings. The van der Waals surface area contributed by atoms with E-state index in [1.807, 2.05) is 5.38 Å². The Bertz CT molecular complexity index is 340. The van der Waals surface area contributed by atoms with Crippen LogP contribution in [0.3, 0.4) is 0 Å². The highest BCUT2D eigenvalue weighted by Gasteiger charge is 1.95. The van der Waals surface area contributed by atoms with E-state index in [4.69, 9.17) is 11.0 Å². The number of aliphatic imine (C=N–C) groups is 1. The highest BCUT2D eigenvalue weighted by atomic mass is 32.2. The molecule has 15 heavy (non-hydrogen) atoms. The summed E-state index contributed by atoms with van der Waals surface area (Å²) in [4.78, 5) is 8.12. The third-order valence-electron chi connectivity index (χ3n) is 1.41. The Hall–Kier alpha value is -1.26. The van der Waals surface area contributed by atoms with Crippen LogP contribution >= 0.6 is 23.1 Å². The van der Waals surface area contributed by atoms with Gasteiger partial charge in [-0.25, -0.2) is 4.98 Å². The van der Waals surface area contributed by atoms with Gasteiger partial charge in [-0.2, -0.15) is 17.0 Å². The number of nitriles is 1. The van der Waals surface area contributed by atoms with E-state index in [9.17, 15) is 0 Å². The molecule has 0 saturated carbocycles. The number of thioether (sulfide) groups is 1. The Morgan fingerprint density at radius 3 is 3.33 bits per heavy atom. The Balaban J connectivity index is 2.07. The maximum Gasteiger partial charge on any atom is 0.202 e. The lowest BCUT2D eigenvalue weighted by Gasteiger charge is -1.97. The molecule has 3 N–H and O–H groups in total. The van der Waals surface area contributed by atoms with Crippen LogP contribution in [0.1, 0.15) is 5.01 Å². The van der Waals surface area contributed by atoms with Crippen LogP contribution in [0.5, 0.6) is 0 Å². The molecule has 0 bridgehead atoms. The lowest BCUT2D eigenvalue weighted by atomic mass is 10.7. The van der Waals surface area contributed by atoms with Crippen molar-refractivity contribution in [1.82, 2.24) is 10.3 Å². The first-order valence-corrected chi connectivity index (χ1v) is 6.27. The van der Waals surface area contributed by atoms with E-state index < -0.39 is 0 Å².